The number of likely N-dealkylation sites (tertiary alicyclic amines) is 1. The second kappa shape index (κ2) is 7.28. The van der Waals surface area contributed by atoms with Gasteiger partial charge < -0.3 is 20.4 Å². The van der Waals surface area contributed by atoms with Crippen molar-refractivity contribution in [2.24, 2.45) is 16.8 Å². The smallest absolute Gasteiger partial charge is 0.173 e. The maximum Gasteiger partial charge on any atom is 0.173 e. The lowest BCUT2D eigenvalue weighted by molar-refractivity contribution is 0.152. The maximum atomic E-state index is 8.77. The third-order valence-corrected chi connectivity index (χ3v) is 3.83. The van der Waals surface area contributed by atoms with Gasteiger partial charge in [0.05, 0.1) is 19.3 Å². The fourth-order valence-electron chi connectivity index (χ4n) is 2.79. The molecule has 116 valence electrons. The normalized spacial score (nSPS) is 19.9. The lowest BCUT2D eigenvalue weighted by atomic mass is 10.1. The Bertz CT molecular complexity index is 505. The van der Waals surface area contributed by atoms with Gasteiger partial charge in [-0.3, -0.25) is 4.90 Å². The number of methoxy groups -OCH3 is 2. The average Bonchev–Trinajstić information content (AvgIpc) is 2.94. The molecule has 1 saturated heterocycles. The predicted octanol–water partition coefficient (Wildman–Crippen LogP) is 1.26. The molecule has 3 N–H and O–H groups in total. The zero-order valence-corrected chi connectivity index (χ0v) is 12.6. The van der Waals surface area contributed by atoms with Gasteiger partial charge in [-0.15, -0.1) is 0 Å². The van der Waals surface area contributed by atoms with Crippen molar-refractivity contribution in [2.45, 2.75) is 13.0 Å². The Hall–Kier alpha value is -1.79. The Kier molecular flexibility index (Phi) is 5.41. The van der Waals surface area contributed by atoms with E-state index < -0.39 is 0 Å². The first kappa shape index (κ1) is 15.6. The van der Waals surface area contributed by atoms with Gasteiger partial charge in [0.2, 0.25) is 0 Å². The summed E-state index contributed by atoms with van der Waals surface area (Å²) in [5, 5.41) is 11.8. The Morgan fingerprint density at radius 1 is 1.48 bits per heavy atom. The summed E-state index contributed by atoms with van der Waals surface area (Å²) in [5.74, 6) is 1.29. The van der Waals surface area contributed by atoms with Crippen LogP contribution in [0.15, 0.2) is 23.4 Å². The van der Waals surface area contributed by atoms with Crippen molar-refractivity contribution in [1.82, 2.24) is 4.90 Å². The summed E-state index contributed by atoms with van der Waals surface area (Å²) in [6.07, 6.45) is 1.17. The van der Waals surface area contributed by atoms with Crippen LogP contribution in [0, 0.1) is 5.92 Å². The molecule has 1 fully saturated rings. The number of ether oxygens (including phenoxy) is 2. The molecule has 1 aromatic carbocycles. The zero-order valence-electron chi connectivity index (χ0n) is 12.6. The van der Waals surface area contributed by atoms with E-state index >= 15 is 0 Å². The van der Waals surface area contributed by atoms with Crippen LogP contribution in [0.4, 0.5) is 0 Å². The number of hydrogen-bond acceptors (Lipinski definition) is 5. The number of oxime groups is 1. The summed E-state index contributed by atoms with van der Waals surface area (Å²) in [4.78, 5) is 2.40. The van der Waals surface area contributed by atoms with Crippen LogP contribution in [0.25, 0.3) is 0 Å². The Labute approximate surface area is 125 Å². The molecule has 0 aliphatic carbocycles. The van der Waals surface area contributed by atoms with Gasteiger partial charge in [0.15, 0.2) is 5.84 Å². The van der Waals surface area contributed by atoms with Gasteiger partial charge in [0.25, 0.3) is 0 Å². The van der Waals surface area contributed by atoms with Gasteiger partial charge in [-0.1, -0.05) is 11.2 Å². The third kappa shape index (κ3) is 3.86. The molecule has 6 heteroatoms. The zero-order chi connectivity index (χ0) is 15.2. The second-order valence-electron chi connectivity index (χ2n) is 5.37. The molecular formula is C15H23N3O3. The van der Waals surface area contributed by atoms with Crippen LogP contribution in [0.2, 0.25) is 0 Å². The van der Waals surface area contributed by atoms with Crippen LogP contribution in [-0.4, -0.2) is 49.9 Å². The van der Waals surface area contributed by atoms with Crippen molar-refractivity contribution in [3.05, 3.63) is 29.3 Å². The Morgan fingerprint density at radius 3 is 2.95 bits per heavy atom. The molecule has 2 rings (SSSR count). The highest BCUT2D eigenvalue weighted by Gasteiger charge is 2.22. The van der Waals surface area contributed by atoms with Crippen LogP contribution in [0.5, 0.6) is 5.75 Å². The molecule has 0 spiro atoms. The molecule has 1 aliphatic heterocycles. The summed E-state index contributed by atoms with van der Waals surface area (Å²) < 4.78 is 10.5. The van der Waals surface area contributed by atoms with E-state index in [1.54, 1.807) is 14.2 Å². The first-order valence-corrected chi connectivity index (χ1v) is 7.04. The van der Waals surface area contributed by atoms with E-state index in [1.165, 1.54) is 6.42 Å². The molecule has 0 bridgehead atoms. The van der Waals surface area contributed by atoms with E-state index in [0.717, 1.165) is 31.8 Å². The number of benzene rings is 1. The van der Waals surface area contributed by atoms with Crippen molar-refractivity contribution < 1.29 is 14.7 Å². The Morgan fingerprint density at radius 2 is 2.29 bits per heavy atom. The monoisotopic (exact) mass is 293 g/mol. The van der Waals surface area contributed by atoms with E-state index in [1.807, 2.05) is 18.2 Å². The van der Waals surface area contributed by atoms with Gasteiger partial charge in [-0.05, 0) is 36.6 Å². The van der Waals surface area contributed by atoms with Crippen molar-refractivity contribution in [2.75, 3.05) is 33.9 Å². The number of nitrogens with two attached hydrogens (primary N) is 1. The molecule has 0 amide bonds. The van der Waals surface area contributed by atoms with Crippen molar-refractivity contribution in [3.63, 3.8) is 0 Å². The largest absolute Gasteiger partial charge is 0.496 e. The van der Waals surface area contributed by atoms with Crippen LogP contribution < -0.4 is 10.5 Å². The molecule has 1 unspecified atom stereocenters. The van der Waals surface area contributed by atoms with Gasteiger partial charge in [0, 0.05) is 20.2 Å². The molecule has 21 heavy (non-hydrogen) atoms. The predicted molar refractivity (Wildman–Crippen MR) is 80.8 cm³/mol. The van der Waals surface area contributed by atoms with E-state index in [4.69, 9.17) is 20.4 Å². The van der Waals surface area contributed by atoms with E-state index in [9.17, 15) is 0 Å². The molecular weight excluding hydrogens is 270 g/mol. The third-order valence-electron chi connectivity index (χ3n) is 3.83. The first-order chi connectivity index (χ1) is 10.2. The number of amidine groups is 1. The highest BCUT2D eigenvalue weighted by atomic mass is 16.5. The maximum absolute atomic E-state index is 8.77. The minimum atomic E-state index is 0.0553. The lowest BCUT2D eigenvalue weighted by Gasteiger charge is -2.17. The minimum Gasteiger partial charge on any atom is -0.496 e. The molecule has 1 heterocycles. The number of nitrogens with zero attached hydrogens (tertiary/aromatic N) is 2. The molecule has 0 saturated carbocycles. The summed E-state index contributed by atoms with van der Waals surface area (Å²) in [7, 11) is 3.33. The topological polar surface area (TPSA) is 80.3 Å². The molecule has 6 nitrogen and oxygen atoms in total. The van der Waals surface area contributed by atoms with Crippen molar-refractivity contribution in [3.8, 4) is 5.75 Å². The highest BCUT2D eigenvalue weighted by molar-refractivity contribution is 5.99. The molecule has 0 radical (unpaired) electrons. The summed E-state index contributed by atoms with van der Waals surface area (Å²) in [6.45, 7) is 3.83. The van der Waals surface area contributed by atoms with E-state index in [2.05, 4.69) is 10.1 Å². The first-order valence-electron chi connectivity index (χ1n) is 7.04. The summed E-state index contributed by atoms with van der Waals surface area (Å²) >= 11 is 0. The van der Waals surface area contributed by atoms with Gasteiger partial charge in [-0.2, -0.15) is 0 Å². The lowest BCUT2D eigenvalue weighted by Crippen LogP contribution is -2.21. The number of hydrogen-bond donors (Lipinski definition) is 2. The SMILES string of the molecule is COCC1CCN(Cc2ccc(/C(N)=N/O)c(OC)c2)C1. The average molecular weight is 293 g/mol. The van der Waals surface area contributed by atoms with Gasteiger partial charge in [-0.25, -0.2) is 0 Å². The van der Waals surface area contributed by atoms with Crippen molar-refractivity contribution in [1.29, 1.82) is 0 Å². The summed E-state index contributed by atoms with van der Waals surface area (Å²) in [5.41, 5.74) is 7.38. The fourth-order valence-corrected chi connectivity index (χ4v) is 2.79. The molecule has 1 aliphatic rings. The van der Waals surface area contributed by atoms with Crippen LogP contribution in [0.3, 0.4) is 0 Å². The van der Waals surface area contributed by atoms with E-state index in [-0.39, 0.29) is 5.84 Å². The number of rotatable bonds is 6. The van der Waals surface area contributed by atoms with E-state index in [0.29, 0.717) is 17.2 Å². The quantitative estimate of drug-likeness (QED) is 0.357. The highest BCUT2D eigenvalue weighted by Crippen LogP contribution is 2.23. The fraction of sp³-hybridized carbons (Fsp3) is 0.533. The van der Waals surface area contributed by atoms with Crippen LogP contribution >= 0.6 is 0 Å². The minimum absolute atomic E-state index is 0.0553. The second-order valence-corrected chi connectivity index (χ2v) is 5.37. The molecule has 1 aromatic rings. The van der Waals surface area contributed by atoms with Gasteiger partial charge in [0.1, 0.15) is 5.75 Å². The van der Waals surface area contributed by atoms with Crippen LogP contribution in [0.1, 0.15) is 17.5 Å². The van der Waals surface area contributed by atoms with Crippen LogP contribution in [-0.2, 0) is 11.3 Å². The standard InChI is InChI=1S/C15H23N3O3/c1-20-10-12-5-6-18(9-12)8-11-3-4-13(15(16)17-19)14(7-11)21-2/h3-4,7,12,19H,5-6,8-10H2,1-2H3,(H2,16,17). The molecule has 1 atom stereocenters. The molecule has 0 aromatic heterocycles. The van der Waals surface area contributed by atoms with Crippen molar-refractivity contribution >= 4 is 5.84 Å². The van der Waals surface area contributed by atoms with Gasteiger partial charge >= 0.3 is 0 Å². The Balaban J connectivity index is 2.05. The summed E-state index contributed by atoms with van der Waals surface area (Å²) in [6, 6.07) is 5.75.